The van der Waals surface area contributed by atoms with Crippen LogP contribution < -0.4 is 5.32 Å². The molecule has 0 saturated heterocycles. The molecule has 28 heavy (non-hydrogen) atoms. The zero-order valence-electron chi connectivity index (χ0n) is 15.4. The van der Waals surface area contributed by atoms with Crippen LogP contribution in [0.3, 0.4) is 0 Å². The van der Waals surface area contributed by atoms with Crippen LogP contribution in [0.25, 0.3) is 11.3 Å². The van der Waals surface area contributed by atoms with Crippen molar-refractivity contribution in [1.29, 1.82) is 0 Å². The largest absolute Gasteiger partial charge is 0.321 e. The molecule has 0 fully saturated rings. The summed E-state index contributed by atoms with van der Waals surface area (Å²) < 4.78 is 0. The summed E-state index contributed by atoms with van der Waals surface area (Å²) in [7, 11) is 1.44. The summed E-state index contributed by atoms with van der Waals surface area (Å²) in [5, 5.41) is 2.82. The first-order valence-electron chi connectivity index (χ1n) is 8.77. The number of hydrogen-bond acceptors (Lipinski definition) is 4. The van der Waals surface area contributed by atoms with E-state index in [-0.39, 0.29) is 17.0 Å². The van der Waals surface area contributed by atoms with Crippen LogP contribution in [0.4, 0.5) is 5.69 Å². The van der Waals surface area contributed by atoms with Gasteiger partial charge in [0.25, 0.3) is 17.7 Å². The number of nitrogens with one attached hydrogen (secondary N) is 1. The first-order valence-corrected chi connectivity index (χ1v) is 8.77. The molecule has 1 aliphatic heterocycles. The average Bonchev–Trinajstić information content (AvgIpc) is 2.95. The monoisotopic (exact) mass is 371 g/mol. The minimum Gasteiger partial charge on any atom is -0.321 e. The van der Waals surface area contributed by atoms with Crippen molar-refractivity contribution in [2.75, 3.05) is 12.4 Å². The Hall–Kier alpha value is -3.80. The van der Waals surface area contributed by atoms with Gasteiger partial charge >= 0.3 is 0 Å². The molecule has 3 aromatic rings. The maximum atomic E-state index is 12.8. The van der Waals surface area contributed by atoms with E-state index in [1.54, 1.807) is 55.6 Å². The predicted octanol–water partition coefficient (Wildman–Crippen LogP) is 3.54. The van der Waals surface area contributed by atoms with Gasteiger partial charge in [0.05, 0.1) is 22.5 Å². The molecule has 0 aliphatic carbocycles. The molecule has 1 N–H and O–H groups in total. The molecule has 0 unspecified atom stereocenters. The number of anilines is 1. The highest BCUT2D eigenvalue weighted by Gasteiger charge is 2.39. The molecule has 0 saturated carbocycles. The fourth-order valence-electron chi connectivity index (χ4n) is 3.34. The van der Waals surface area contributed by atoms with Crippen molar-refractivity contribution in [1.82, 2.24) is 9.88 Å². The van der Waals surface area contributed by atoms with E-state index < -0.39 is 11.8 Å². The van der Waals surface area contributed by atoms with Gasteiger partial charge in [-0.2, -0.15) is 0 Å². The standard InChI is InChI=1S/C22H17N3O3/c1-13-12-15(16-10-6-7-11-23-16)17-18(22(28)25(2)21(17)27)19(13)24-20(26)14-8-4-3-5-9-14/h3-12H,1-2H3,(H,24,26). The van der Waals surface area contributed by atoms with E-state index in [1.807, 2.05) is 12.1 Å². The summed E-state index contributed by atoms with van der Waals surface area (Å²) in [4.78, 5) is 43.6. The van der Waals surface area contributed by atoms with Crippen molar-refractivity contribution in [2.24, 2.45) is 0 Å². The lowest BCUT2D eigenvalue weighted by molar-refractivity contribution is 0.0693. The number of carbonyl (C=O) groups is 3. The number of hydrogen-bond donors (Lipinski definition) is 1. The summed E-state index contributed by atoms with van der Waals surface area (Å²) in [5.74, 6) is -1.19. The number of fused-ring (bicyclic) bond motifs is 1. The molecule has 0 atom stereocenters. The second-order valence-electron chi connectivity index (χ2n) is 6.57. The Kier molecular flexibility index (Phi) is 4.24. The average molecular weight is 371 g/mol. The fourth-order valence-corrected chi connectivity index (χ4v) is 3.34. The third kappa shape index (κ3) is 2.75. The number of aryl methyl sites for hydroxylation is 1. The van der Waals surface area contributed by atoms with Gasteiger partial charge in [0.15, 0.2) is 0 Å². The summed E-state index contributed by atoms with van der Waals surface area (Å²) in [6.45, 7) is 1.80. The van der Waals surface area contributed by atoms with Crippen LogP contribution in [0.15, 0.2) is 60.8 Å². The number of carbonyl (C=O) groups excluding carboxylic acids is 3. The Labute approximate surface area is 161 Å². The van der Waals surface area contributed by atoms with Gasteiger partial charge in [0, 0.05) is 24.4 Å². The summed E-state index contributed by atoms with van der Waals surface area (Å²) >= 11 is 0. The number of aromatic nitrogens is 1. The van der Waals surface area contributed by atoms with Crippen LogP contribution in [0.1, 0.15) is 36.6 Å². The highest BCUT2D eigenvalue weighted by molar-refractivity contribution is 6.27. The van der Waals surface area contributed by atoms with Crippen molar-refractivity contribution < 1.29 is 14.4 Å². The molecular weight excluding hydrogens is 354 g/mol. The third-order valence-corrected chi connectivity index (χ3v) is 4.78. The lowest BCUT2D eigenvalue weighted by atomic mass is 9.94. The summed E-state index contributed by atoms with van der Waals surface area (Å²) in [6.07, 6.45) is 1.63. The minimum absolute atomic E-state index is 0.206. The van der Waals surface area contributed by atoms with Gasteiger partial charge in [0.2, 0.25) is 0 Å². The summed E-state index contributed by atoms with van der Waals surface area (Å²) in [5.41, 5.74) is 3.14. The molecule has 1 aromatic heterocycles. The molecular formula is C22H17N3O3. The maximum absolute atomic E-state index is 12.8. The molecule has 6 nitrogen and oxygen atoms in total. The SMILES string of the molecule is Cc1cc(-c2ccccn2)c2c(c1NC(=O)c1ccccc1)C(=O)N(C)C2=O. The van der Waals surface area contributed by atoms with Crippen LogP contribution in [0, 0.1) is 6.92 Å². The second kappa shape index (κ2) is 6.74. The lowest BCUT2D eigenvalue weighted by Gasteiger charge is -2.15. The molecule has 3 amide bonds. The normalized spacial score (nSPS) is 12.9. The van der Waals surface area contributed by atoms with Crippen molar-refractivity contribution in [3.8, 4) is 11.3 Å². The Morgan fingerprint density at radius 1 is 0.964 bits per heavy atom. The molecule has 138 valence electrons. The van der Waals surface area contributed by atoms with Crippen LogP contribution in [0.5, 0.6) is 0 Å². The fraction of sp³-hybridized carbons (Fsp3) is 0.0909. The van der Waals surface area contributed by atoms with Gasteiger partial charge in [-0.3, -0.25) is 24.3 Å². The lowest BCUT2D eigenvalue weighted by Crippen LogP contribution is -2.25. The first-order chi connectivity index (χ1) is 13.5. The Balaban J connectivity index is 1.89. The van der Waals surface area contributed by atoms with Crippen LogP contribution in [-0.2, 0) is 0 Å². The van der Waals surface area contributed by atoms with Crippen molar-refractivity contribution in [3.05, 3.63) is 83.0 Å². The van der Waals surface area contributed by atoms with Gasteiger partial charge in [-0.15, -0.1) is 0 Å². The van der Waals surface area contributed by atoms with E-state index in [2.05, 4.69) is 10.3 Å². The molecule has 2 heterocycles. The highest BCUT2D eigenvalue weighted by Crippen LogP contribution is 2.38. The number of imide groups is 1. The van der Waals surface area contributed by atoms with Gasteiger partial charge in [-0.1, -0.05) is 24.3 Å². The zero-order valence-corrected chi connectivity index (χ0v) is 15.4. The van der Waals surface area contributed by atoms with E-state index in [1.165, 1.54) is 7.05 Å². The molecule has 2 aromatic carbocycles. The quantitative estimate of drug-likeness (QED) is 0.714. The molecule has 0 radical (unpaired) electrons. The van der Waals surface area contributed by atoms with Crippen LogP contribution >= 0.6 is 0 Å². The Bertz CT molecular complexity index is 1110. The summed E-state index contributed by atoms with van der Waals surface area (Å²) in [6, 6.07) is 15.9. The Morgan fingerprint density at radius 2 is 1.64 bits per heavy atom. The smallest absolute Gasteiger partial charge is 0.263 e. The van der Waals surface area contributed by atoms with E-state index in [0.29, 0.717) is 28.1 Å². The number of rotatable bonds is 3. The molecule has 0 spiro atoms. The molecule has 1 aliphatic rings. The highest BCUT2D eigenvalue weighted by atomic mass is 16.2. The maximum Gasteiger partial charge on any atom is 0.263 e. The van der Waals surface area contributed by atoms with E-state index in [9.17, 15) is 14.4 Å². The third-order valence-electron chi connectivity index (χ3n) is 4.78. The van der Waals surface area contributed by atoms with Crippen molar-refractivity contribution in [3.63, 3.8) is 0 Å². The van der Waals surface area contributed by atoms with Gasteiger partial charge in [0.1, 0.15) is 0 Å². The number of pyridine rings is 1. The molecule has 0 bridgehead atoms. The number of benzene rings is 2. The predicted molar refractivity (Wildman–Crippen MR) is 105 cm³/mol. The van der Waals surface area contributed by atoms with Crippen molar-refractivity contribution in [2.45, 2.75) is 6.92 Å². The second-order valence-corrected chi connectivity index (χ2v) is 6.57. The first kappa shape index (κ1) is 17.6. The van der Waals surface area contributed by atoms with Gasteiger partial charge < -0.3 is 5.32 Å². The molecule has 4 rings (SSSR count). The van der Waals surface area contributed by atoms with Crippen LogP contribution in [0.2, 0.25) is 0 Å². The van der Waals surface area contributed by atoms with Gasteiger partial charge in [-0.25, -0.2) is 0 Å². The topological polar surface area (TPSA) is 79.4 Å². The van der Waals surface area contributed by atoms with E-state index in [4.69, 9.17) is 0 Å². The van der Waals surface area contributed by atoms with E-state index >= 15 is 0 Å². The zero-order chi connectivity index (χ0) is 19.8. The van der Waals surface area contributed by atoms with Crippen LogP contribution in [-0.4, -0.2) is 34.7 Å². The number of nitrogens with zero attached hydrogens (tertiary/aromatic N) is 2. The van der Waals surface area contributed by atoms with Crippen molar-refractivity contribution >= 4 is 23.4 Å². The molecule has 6 heteroatoms. The minimum atomic E-state index is -0.441. The van der Waals surface area contributed by atoms with E-state index in [0.717, 1.165) is 4.90 Å². The Morgan fingerprint density at radius 3 is 2.32 bits per heavy atom. The number of amides is 3. The van der Waals surface area contributed by atoms with Gasteiger partial charge in [-0.05, 0) is 42.8 Å².